The van der Waals surface area contributed by atoms with Gasteiger partial charge in [-0.3, -0.25) is 19.7 Å². The molecular weight excluding hydrogens is 408 g/mol. The molecule has 9 heteroatoms. The van der Waals surface area contributed by atoms with E-state index in [0.29, 0.717) is 16.8 Å². The van der Waals surface area contributed by atoms with Gasteiger partial charge in [-0.05, 0) is 43.2 Å². The number of nitrogens with one attached hydrogen (secondary N) is 2. The zero-order chi connectivity index (χ0) is 21.5. The number of halogens is 1. The fraction of sp³-hybridized carbons (Fsp3) is 0.286. The van der Waals surface area contributed by atoms with E-state index >= 15 is 0 Å². The summed E-state index contributed by atoms with van der Waals surface area (Å²) >= 11 is 5.99. The van der Waals surface area contributed by atoms with Gasteiger partial charge in [0.25, 0.3) is 11.6 Å². The highest BCUT2D eigenvalue weighted by Gasteiger charge is 2.21. The topological polar surface area (TPSA) is 114 Å². The Kier molecular flexibility index (Phi) is 7.13. The van der Waals surface area contributed by atoms with Crippen LogP contribution >= 0.6 is 11.6 Å². The lowest BCUT2D eigenvalue weighted by molar-refractivity contribution is -0.384. The molecule has 0 bridgehead atoms. The third kappa shape index (κ3) is 5.64. The fourth-order valence-corrected chi connectivity index (χ4v) is 3.45. The van der Waals surface area contributed by atoms with E-state index < -0.39 is 10.8 Å². The lowest BCUT2D eigenvalue weighted by Gasteiger charge is -2.20. The Balaban J connectivity index is 1.57. The third-order valence-corrected chi connectivity index (χ3v) is 5.29. The summed E-state index contributed by atoms with van der Waals surface area (Å²) in [6.45, 7) is 0. The van der Waals surface area contributed by atoms with Crippen LogP contribution in [0.5, 0.6) is 0 Å². The molecule has 2 N–H and O–H groups in total. The van der Waals surface area contributed by atoms with Crippen molar-refractivity contribution in [3.8, 4) is 0 Å². The molecule has 0 radical (unpaired) electrons. The molecule has 0 aliphatic heterocycles. The number of nitro groups is 1. The van der Waals surface area contributed by atoms with Crippen LogP contribution in [-0.4, -0.2) is 23.0 Å². The summed E-state index contributed by atoms with van der Waals surface area (Å²) in [5.74, 6) is -0.389. The highest BCUT2D eigenvalue weighted by atomic mass is 35.5. The molecule has 0 atom stereocenters. The van der Waals surface area contributed by atoms with Gasteiger partial charge in [0, 0.05) is 39.9 Å². The van der Waals surface area contributed by atoms with Crippen molar-refractivity contribution < 1.29 is 14.5 Å². The Hall–Kier alpha value is -3.26. The molecule has 1 aliphatic rings. The monoisotopic (exact) mass is 428 g/mol. The van der Waals surface area contributed by atoms with Crippen molar-refractivity contribution in [1.29, 1.82) is 0 Å². The summed E-state index contributed by atoms with van der Waals surface area (Å²) in [5.41, 5.74) is 3.52. The minimum absolute atomic E-state index is 0.0188. The number of non-ortho nitro benzene ring substituents is 1. The average molecular weight is 429 g/mol. The molecule has 0 spiro atoms. The van der Waals surface area contributed by atoms with Crippen molar-refractivity contribution in [3.05, 3.63) is 68.7 Å². The molecule has 0 unspecified atom stereocenters. The first kappa shape index (κ1) is 21.4. The maximum absolute atomic E-state index is 12.3. The van der Waals surface area contributed by atoms with Gasteiger partial charge in [-0.2, -0.15) is 5.10 Å². The van der Waals surface area contributed by atoms with Crippen LogP contribution in [0.25, 0.3) is 0 Å². The zero-order valence-corrected chi connectivity index (χ0v) is 16.9. The zero-order valence-electron chi connectivity index (χ0n) is 16.1. The Morgan fingerprint density at radius 3 is 2.47 bits per heavy atom. The van der Waals surface area contributed by atoms with Crippen LogP contribution in [0.15, 0.2) is 47.6 Å². The maximum atomic E-state index is 12.3. The van der Waals surface area contributed by atoms with Crippen LogP contribution in [0.2, 0.25) is 5.02 Å². The molecule has 2 aromatic rings. The quantitative estimate of drug-likeness (QED) is 0.399. The number of amides is 2. The van der Waals surface area contributed by atoms with Gasteiger partial charge in [0.2, 0.25) is 5.91 Å². The standard InChI is InChI=1S/C21H21ClN4O4/c22-19-11-10-18(26(29)30)12-16(19)13-23-25-21(28)15-6-8-17(9-7-15)24-20(27)14-4-2-1-3-5-14/h6-14H,1-5H2,(H,24,27)(H,25,28). The number of carbonyl (C=O) groups is 2. The first-order valence-electron chi connectivity index (χ1n) is 9.62. The normalized spacial score (nSPS) is 14.4. The smallest absolute Gasteiger partial charge is 0.271 e. The summed E-state index contributed by atoms with van der Waals surface area (Å²) in [7, 11) is 0. The van der Waals surface area contributed by atoms with Crippen LogP contribution in [0, 0.1) is 16.0 Å². The number of rotatable bonds is 6. The average Bonchev–Trinajstić information content (AvgIpc) is 2.76. The molecule has 0 saturated heterocycles. The third-order valence-electron chi connectivity index (χ3n) is 4.95. The molecule has 0 aromatic heterocycles. The van der Waals surface area contributed by atoms with E-state index in [9.17, 15) is 19.7 Å². The number of nitro benzene ring substituents is 1. The Morgan fingerprint density at radius 2 is 1.80 bits per heavy atom. The second-order valence-corrected chi connectivity index (χ2v) is 7.47. The van der Waals surface area contributed by atoms with E-state index in [1.807, 2.05) is 0 Å². The number of nitrogens with zero attached hydrogens (tertiary/aromatic N) is 2. The summed E-state index contributed by atoms with van der Waals surface area (Å²) in [5, 5.41) is 17.8. The van der Waals surface area contributed by atoms with Crippen LogP contribution in [-0.2, 0) is 4.79 Å². The molecule has 2 aromatic carbocycles. The molecule has 1 fully saturated rings. The van der Waals surface area contributed by atoms with Gasteiger partial charge in [-0.15, -0.1) is 0 Å². The molecule has 8 nitrogen and oxygen atoms in total. The Labute approximate surface area is 178 Å². The molecule has 2 amide bonds. The lowest BCUT2D eigenvalue weighted by Crippen LogP contribution is -2.24. The van der Waals surface area contributed by atoms with Crippen molar-refractivity contribution in [2.24, 2.45) is 11.0 Å². The summed E-state index contributed by atoms with van der Waals surface area (Å²) in [4.78, 5) is 34.8. The van der Waals surface area contributed by atoms with Gasteiger partial charge in [-0.1, -0.05) is 30.9 Å². The number of hydrogen-bond donors (Lipinski definition) is 2. The number of carbonyl (C=O) groups excluding carboxylic acids is 2. The minimum Gasteiger partial charge on any atom is -0.326 e. The predicted molar refractivity (Wildman–Crippen MR) is 115 cm³/mol. The van der Waals surface area contributed by atoms with Gasteiger partial charge < -0.3 is 5.32 Å². The molecular formula is C21H21ClN4O4. The first-order valence-corrected chi connectivity index (χ1v) is 10.00. The van der Waals surface area contributed by atoms with Crippen molar-refractivity contribution >= 4 is 41.0 Å². The van der Waals surface area contributed by atoms with Gasteiger partial charge in [0.1, 0.15) is 0 Å². The van der Waals surface area contributed by atoms with Gasteiger partial charge in [0.05, 0.1) is 11.1 Å². The number of hydrogen-bond acceptors (Lipinski definition) is 5. The van der Waals surface area contributed by atoms with Crippen LogP contribution in [0.1, 0.15) is 48.0 Å². The van der Waals surface area contributed by atoms with Crippen molar-refractivity contribution in [3.63, 3.8) is 0 Å². The lowest BCUT2D eigenvalue weighted by atomic mass is 9.88. The van der Waals surface area contributed by atoms with Gasteiger partial charge in [0.15, 0.2) is 0 Å². The van der Waals surface area contributed by atoms with Gasteiger partial charge in [-0.25, -0.2) is 5.43 Å². The Bertz CT molecular complexity index is 969. The molecule has 3 rings (SSSR count). The molecule has 0 heterocycles. The van der Waals surface area contributed by atoms with Gasteiger partial charge >= 0.3 is 0 Å². The van der Waals surface area contributed by atoms with Crippen molar-refractivity contribution in [2.75, 3.05) is 5.32 Å². The molecule has 30 heavy (non-hydrogen) atoms. The first-order chi connectivity index (χ1) is 14.4. The largest absolute Gasteiger partial charge is 0.326 e. The Morgan fingerprint density at radius 1 is 1.10 bits per heavy atom. The van der Waals surface area contributed by atoms with Crippen LogP contribution in [0.4, 0.5) is 11.4 Å². The predicted octanol–water partition coefficient (Wildman–Crippen LogP) is 4.53. The van der Waals surface area contributed by atoms with E-state index in [1.54, 1.807) is 24.3 Å². The van der Waals surface area contributed by atoms with E-state index in [-0.39, 0.29) is 22.5 Å². The molecule has 1 aliphatic carbocycles. The molecule has 1 saturated carbocycles. The van der Waals surface area contributed by atoms with Crippen LogP contribution in [0.3, 0.4) is 0 Å². The summed E-state index contributed by atoms with van der Waals surface area (Å²) in [6, 6.07) is 10.4. The number of benzene rings is 2. The molecule has 156 valence electrons. The second-order valence-electron chi connectivity index (χ2n) is 7.06. The van der Waals surface area contributed by atoms with Crippen molar-refractivity contribution in [2.45, 2.75) is 32.1 Å². The number of anilines is 1. The number of hydrazone groups is 1. The minimum atomic E-state index is -0.541. The summed E-state index contributed by atoms with van der Waals surface area (Å²) in [6.07, 6.45) is 6.42. The second kappa shape index (κ2) is 9.98. The van der Waals surface area contributed by atoms with Crippen LogP contribution < -0.4 is 10.7 Å². The van der Waals surface area contributed by atoms with E-state index in [0.717, 1.165) is 25.7 Å². The highest BCUT2D eigenvalue weighted by Crippen LogP contribution is 2.25. The fourth-order valence-electron chi connectivity index (χ4n) is 3.28. The maximum Gasteiger partial charge on any atom is 0.271 e. The highest BCUT2D eigenvalue weighted by molar-refractivity contribution is 6.33. The summed E-state index contributed by atoms with van der Waals surface area (Å²) < 4.78 is 0. The SMILES string of the molecule is O=C(NN=Cc1cc([N+](=O)[O-])ccc1Cl)c1ccc(NC(=O)C2CCCCC2)cc1. The van der Waals surface area contributed by atoms with E-state index in [2.05, 4.69) is 15.8 Å². The van der Waals surface area contributed by atoms with E-state index in [1.165, 1.54) is 30.8 Å². The van der Waals surface area contributed by atoms with E-state index in [4.69, 9.17) is 11.6 Å². The van der Waals surface area contributed by atoms with Crippen molar-refractivity contribution in [1.82, 2.24) is 5.43 Å².